The van der Waals surface area contributed by atoms with Crippen molar-refractivity contribution in [2.24, 2.45) is 67.3 Å². The lowest BCUT2D eigenvalue weighted by atomic mass is 9.33. The molecule has 39 heavy (non-hydrogen) atoms. The van der Waals surface area contributed by atoms with Gasteiger partial charge in [-0.1, -0.05) is 54.0 Å². The Kier molecular flexibility index (Phi) is 5.19. The molecule has 0 aromatic heterocycles. The summed E-state index contributed by atoms with van der Waals surface area (Å²) in [6.45, 7) is 15.4. The van der Waals surface area contributed by atoms with E-state index in [-0.39, 0.29) is 57.5 Å². The Hall–Kier alpha value is -1.98. The number of primary amides is 1. The molecule has 2 N–H and O–H groups in total. The van der Waals surface area contributed by atoms with Crippen LogP contribution in [0.25, 0.3) is 0 Å². The molecule has 1 amide bonds. The fourth-order valence-electron chi connectivity index (χ4n) is 11.8. The molecule has 5 fully saturated rings. The van der Waals surface area contributed by atoms with Crippen molar-refractivity contribution in [1.82, 2.24) is 0 Å². The van der Waals surface area contributed by atoms with Crippen LogP contribution < -0.4 is 5.73 Å². The van der Waals surface area contributed by atoms with Gasteiger partial charge < -0.3 is 10.5 Å². The van der Waals surface area contributed by atoms with Crippen molar-refractivity contribution >= 4 is 23.4 Å². The molecule has 5 saturated carbocycles. The Morgan fingerprint density at radius 2 is 1.54 bits per heavy atom. The van der Waals surface area contributed by atoms with Crippen LogP contribution in [0.15, 0.2) is 11.6 Å². The standard InChI is InChI=1S/C33H47NO5/c1-27(2)11-13-32(26(38)39-8)14-12-30(6)23(18(32)16-27)19(35)15-21-29(30,5)10-9-20-28(3,4)24(36)33(25(34)37)17-22(33)31(20,21)7/h15,18,20,22-23H,9-14,16-17H2,1-8H3,(H2,34,37)/t18?,20-,22+,23?,29+,30+,31-,32-,33-/m0/s1. The van der Waals surface area contributed by atoms with Crippen LogP contribution in [0.2, 0.25) is 0 Å². The summed E-state index contributed by atoms with van der Waals surface area (Å²) in [5.41, 5.74) is 3.69. The van der Waals surface area contributed by atoms with Gasteiger partial charge in [0.25, 0.3) is 0 Å². The summed E-state index contributed by atoms with van der Waals surface area (Å²) in [6.07, 6.45) is 8.28. The molecule has 6 aliphatic carbocycles. The van der Waals surface area contributed by atoms with E-state index in [0.29, 0.717) is 6.42 Å². The molecule has 6 aliphatic rings. The van der Waals surface area contributed by atoms with Gasteiger partial charge in [0.05, 0.1) is 12.5 Å². The van der Waals surface area contributed by atoms with Crippen LogP contribution in [0.3, 0.4) is 0 Å². The number of Topliss-reactive ketones (excluding diaryl/α,β-unsaturated/α-hetero) is 1. The van der Waals surface area contributed by atoms with E-state index < -0.39 is 27.6 Å². The number of rotatable bonds is 2. The summed E-state index contributed by atoms with van der Waals surface area (Å²) in [5, 5.41) is 0. The molecule has 0 spiro atoms. The maximum Gasteiger partial charge on any atom is 0.312 e. The molecule has 214 valence electrons. The maximum absolute atomic E-state index is 14.5. The second-order valence-electron chi connectivity index (χ2n) is 16.3. The molecule has 6 heteroatoms. The summed E-state index contributed by atoms with van der Waals surface area (Å²) in [7, 11) is 1.48. The molecule has 0 radical (unpaired) electrons. The van der Waals surface area contributed by atoms with Gasteiger partial charge >= 0.3 is 5.97 Å². The van der Waals surface area contributed by atoms with Gasteiger partial charge in [0.1, 0.15) is 5.41 Å². The minimum atomic E-state index is -1.12. The first-order valence-corrected chi connectivity index (χ1v) is 15.1. The van der Waals surface area contributed by atoms with E-state index in [0.717, 1.165) is 50.5 Å². The Bertz CT molecular complexity index is 1250. The monoisotopic (exact) mass is 537 g/mol. The lowest BCUT2D eigenvalue weighted by Crippen LogP contribution is -2.67. The van der Waals surface area contributed by atoms with Crippen molar-refractivity contribution in [3.8, 4) is 0 Å². The normalized spacial score (nSPS) is 50.7. The Morgan fingerprint density at radius 1 is 0.897 bits per heavy atom. The molecule has 6 rings (SSSR count). The highest BCUT2D eigenvalue weighted by molar-refractivity contribution is 6.12. The SMILES string of the molecule is COC(=O)[C@]12CCC(C)(C)CC1C1C(=O)C=C3[C@]4(C)[C@@H](CC[C@@]3(C)[C@]1(C)CC2)C(C)(C)C(=O)[C@]1(C(N)=O)C[C@@H]14. The van der Waals surface area contributed by atoms with Gasteiger partial charge in [-0.05, 0) is 96.9 Å². The molecule has 0 aliphatic heterocycles. The number of hydrogen-bond donors (Lipinski definition) is 1. The zero-order chi connectivity index (χ0) is 28.8. The fraction of sp³-hybridized carbons (Fsp3) is 0.818. The van der Waals surface area contributed by atoms with E-state index >= 15 is 0 Å². The molecule has 0 aromatic carbocycles. The average molecular weight is 538 g/mol. The Labute approximate surface area is 233 Å². The van der Waals surface area contributed by atoms with Crippen LogP contribution in [0.5, 0.6) is 0 Å². The van der Waals surface area contributed by atoms with Gasteiger partial charge in [0.2, 0.25) is 5.91 Å². The fourth-order valence-corrected chi connectivity index (χ4v) is 11.8. The predicted molar refractivity (Wildman–Crippen MR) is 147 cm³/mol. The van der Waals surface area contributed by atoms with Crippen molar-refractivity contribution in [3.63, 3.8) is 0 Å². The van der Waals surface area contributed by atoms with Crippen molar-refractivity contribution in [3.05, 3.63) is 11.6 Å². The number of fused-ring (bicyclic) bond motifs is 9. The number of ketones is 2. The van der Waals surface area contributed by atoms with Gasteiger partial charge in [0.15, 0.2) is 11.6 Å². The van der Waals surface area contributed by atoms with E-state index in [1.165, 1.54) is 7.11 Å². The number of ether oxygens (including phenoxy) is 1. The molecule has 9 atom stereocenters. The quantitative estimate of drug-likeness (QED) is 0.374. The average Bonchev–Trinajstić information content (AvgIpc) is 3.62. The highest BCUT2D eigenvalue weighted by Gasteiger charge is 2.82. The molecule has 0 aromatic rings. The summed E-state index contributed by atoms with van der Waals surface area (Å²) < 4.78 is 5.43. The van der Waals surface area contributed by atoms with Crippen molar-refractivity contribution < 1.29 is 23.9 Å². The summed E-state index contributed by atoms with van der Waals surface area (Å²) in [4.78, 5) is 54.6. The van der Waals surface area contributed by atoms with E-state index in [2.05, 4.69) is 34.6 Å². The smallest absolute Gasteiger partial charge is 0.312 e. The minimum absolute atomic E-state index is 0.00429. The first kappa shape index (κ1) is 27.2. The number of methoxy groups -OCH3 is 1. The summed E-state index contributed by atoms with van der Waals surface area (Å²) in [6, 6.07) is 0. The lowest BCUT2D eigenvalue weighted by Gasteiger charge is -2.69. The van der Waals surface area contributed by atoms with Crippen molar-refractivity contribution in [1.29, 1.82) is 0 Å². The highest BCUT2D eigenvalue weighted by Crippen LogP contribution is 2.81. The first-order chi connectivity index (χ1) is 17.9. The zero-order valence-electron chi connectivity index (χ0n) is 25.2. The third-order valence-corrected chi connectivity index (χ3v) is 14.2. The number of nitrogens with two attached hydrogens (primary N) is 1. The third-order valence-electron chi connectivity index (χ3n) is 14.2. The van der Waals surface area contributed by atoms with E-state index in [1.807, 2.05) is 19.9 Å². The van der Waals surface area contributed by atoms with Crippen LogP contribution in [0, 0.1) is 61.6 Å². The number of carbonyl (C=O) groups excluding carboxylic acids is 4. The molecule has 6 nitrogen and oxygen atoms in total. The predicted octanol–water partition coefficient (Wildman–Crippen LogP) is 5.42. The second kappa shape index (κ2) is 7.45. The molecular weight excluding hydrogens is 490 g/mol. The van der Waals surface area contributed by atoms with Crippen LogP contribution in [-0.2, 0) is 23.9 Å². The van der Waals surface area contributed by atoms with E-state index in [1.54, 1.807) is 0 Å². The maximum atomic E-state index is 14.5. The van der Waals surface area contributed by atoms with Gasteiger partial charge in [-0.15, -0.1) is 0 Å². The minimum Gasteiger partial charge on any atom is -0.469 e. The molecular formula is C33H47NO5. The number of carbonyl (C=O) groups is 4. The molecule has 0 saturated heterocycles. The van der Waals surface area contributed by atoms with Gasteiger partial charge in [-0.25, -0.2) is 0 Å². The van der Waals surface area contributed by atoms with E-state index in [9.17, 15) is 19.2 Å². The second-order valence-corrected chi connectivity index (χ2v) is 16.3. The van der Waals surface area contributed by atoms with Gasteiger partial charge in [0, 0.05) is 11.3 Å². The third kappa shape index (κ3) is 2.85. The highest BCUT2D eigenvalue weighted by atomic mass is 16.5. The lowest BCUT2D eigenvalue weighted by molar-refractivity contribution is -0.193. The molecule has 0 heterocycles. The first-order valence-electron chi connectivity index (χ1n) is 15.1. The van der Waals surface area contributed by atoms with E-state index in [4.69, 9.17) is 10.5 Å². The Balaban J connectivity index is 1.53. The number of hydrogen-bond acceptors (Lipinski definition) is 5. The topological polar surface area (TPSA) is 104 Å². The number of amides is 1. The van der Waals surface area contributed by atoms with Crippen LogP contribution in [-0.4, -0.2) is 30.6 Å². The van der Waals surface area contributed by atoms with Crippen molar-refractivity contribution in [2.45, 2.75) is 99.8 Å². The number of allylic oxidation sites excluding steroid dienone is 2. The van der Waals surface area contributed by atoms with Crippen LogP contribution in [0.4, 0.5) is 0 Å². The largest absolute Gasteiger partial charge is 0.469 e. The Morgan fingerprint density at radius 3 is 2.15 bits per heavy atom. The van der Waals surface area contributed by atoms with Crippen LogP contribution in [0.1, 0.15) is 99.8 Å². The van der Waals surface area contributed by atoms with Crippen molar-refractivity contribution in [2.75, 3.05) is 7.11 Å². The summed E-state index contributed by atoms with van der Waals surface area (Å²) in [5.74, 6) is -0.945. The van der Waals surface area contributed by atoms with Crippen LogP contribution >= 0.6 is 0 Å². The van der Waals surface area contributed by atoms with Gasteiger partial charge in [-0.3, -0.25) is 19.2 Å². The zero-order valence-corrected chi connectivity index (χ0v) is 25.2. The molecule has 0 bridgehead atoms. The number of esters is 1. The summed E-state index contributed by atoms with van der Waals surface area (Å²) >= 11 is 0. The van der Waals surface area contributed by atoms with Gasteiger partial charge in [-0.2, -0.15) is 0 Å². The molecule has 2 unspecified atom stereocenters.